The molecule has 0 aliphatic heterocycles. The Labute approximate surface area is 151 Å². The monoisotopic (exact) mass is 355 g/mol. The van der Waals surface area contributed by atoms with Crippen LogP contribution in [0.5, 0.6) is 0 Å². The average Bonchev–Trinajstić information content (AvgIpc) is 2.48. The van der Waals surface area contributed by atoms with Crippen LogP contribution < -0.4 is 16.4 Å². The van der Waals surface area contributed by atoms with Crippen molar-refractivity contribution in [2.24, 2.45) is 11.1 Å². The van der Waals surface area contributed by atoms with Crippen molar-refractivity contribution >= 4 is 29.9 Å². The molecule has 0 saturated heterocycles. The summed E-state index contributed by atoms with van der Waals surface area (Å²) in [6, 6.07) is 6.95. The standard InChI is InChI=1S/C18H29N3O2.ClH/c1-6-18(7-2,12-19)16(23)20-14-10-8-9-13(11-14)15(22)21-17(3,4)5;/h8-11H,6-7,12,19H2,1-5H3,(H,20,23)(H,21,22);1H. The summed E-state index contributed by atoms with van der Waals surface area (Å²) in [6.45, 7) is 10.0. The third kappa shape index (κ3) is 5.80. The number of halogens is 1. The second kappa shape index (κ2) is 9.04. The first-order chi connectivity index (χ1) is 10.7. The fourth-order valence-corrected chi connectivity index (χ4v) is 2.37. The predicted molar refractivity (Wildman–Crippen MR) is 102 cm³/mol. The first-order valence-electron chi connectivity index (χ1n) is 8.11. The molecule has 5 nitrogen and oxygen atoms in total. The number of carbonyl (C=O) groups is 2. The lowest BCUT2D eigenvalue weighted by Crippen LogP contribution is -2.41. The lowest BCUT2D eigenvalue weighted by Gasteiger charge is -2.28. The molecule has 1 aromatic rings. The van der Waals surface area contributed by atoms with Crippen LogP contribution in [0.15, 0.2) is 24.3 Å². The zero-order valence-electron chi connectivity index (χ0n) is 15.2. The molecule has 0 fully saturated rings. The number of anilines is 1. The van der Waals surface area contributed by atoms with E-state index in [1.807, 2.05) is 34.6 Å². The summed E-state index contributed by atoms with van der Waals surface area (Å²) >= 11 is 0. The number of hydrogen-bond donors (Lipinski definition) is 3. The Morgan fingerprint density at radius 3 is 2.17 bits per heavy atom. The first kappa shape index (κ1) is 22.4. The van der Waals surface area contributed by atoms with Gasteiger partial charge in [0.1, 0.15) is 0 Å². The fraction of sp³-hybridized carbons (Fsp3) is 0.556. The van der Waals surface area contributed by atoms with Crippen LogP contribution in [0.2, 0.25) is 0 Å². The fourth-order valence-electron chi connectivity index (χ4n) is 2.37. The van der Waals surface area contributed by atoms with Crippen LogP contribution in [0, 0.1) is 5.41 Å². The molecule has 1 rings (SSSR count). The summed E-state index contributed by atoms with van der Waals surface area (Å²) in [5.41, 5.74) is 6.06. The Morgan fingerprint density at radius 1 is 1.12 bits per heavy atom. The zero-order valence-corrected chi connectivity index (χ0v) is 16.0. The van der Waals surface area contributed by atoms with E-state index in [0.29, 0.717) is 30.6 Å². The normalized spacial score (nSPS) is 11.4. The molecule has 1 aromatic carbocycles. The topological polar surface area (TPSA) is 84.2 Å². The lowest BCUT2D eigenvalue weighted by atomic mass is 9.81. The van der Waals surface area contributed by atoms with E-state index in [9.17, 15) is 9.59 Å². The second-order valence-electron chi connectivity index (χ2n) is 6.93. The highest BCUT2D eigenvalue weighted by Crippen LogP contribution is 2.27. The minimum absolute atomic E-state index is 0. The lowest BCUT2D eigenvalue weighted by molar-refractivity contribution is -0.125. The molecule has 24 heavy (non-hydrogen) atoms. The molecule has 0 bridgehead atoms. The van der Waals surface area contributed by atoms with E-state index in [4.69, 9.17) is 5.73 Å². The molecule has 4 N–H and O–H groups in total. The smallest absolute Gasteiger partial charge is 0.251 e. The Morgan fingerprint density at radius 2 is 1.71 bits per heavy atom. The van der Waals surface area contributed by atoms with Crippen molar-refractivity contribution in [3.05, 3.63) is 29.8 Å². The molecule has 0 saturated carbocycles. The maximum Gasteiger partial charge on any atom is 0.251 e. The van der Waals surface area contributed by atoms with Gasteiger partial charge in [0.05, 0.1) is 5.41 Å². The molecule has 0 aliphatic rings. The zero-order chi connectivity index (χ0) is 17.7. The number of nitrogens with two attached hydrogens (primary N) is 1. The SMILES string of the molecule is CCC(CC)(CN)C(=O)Nc1cccc(C(=O)NC(C)(C)C)c1.Cl. The van der Waals surface area contributed by atoms with E-state index < -0.39 is 5.41 Å². The van der Waals surface area contributed by atoms with Gasteiger partial charge >= 0.3 is 0 Å². The number of amides is 2. The van der Waals surface area contributed by atoms with Gasteiger partial charge in [-0.2, -0.15) is 0 Å². The van der Waals surface area contributed by atoms with Crippen LogP contribution in [0.25, 0.3) is 0 Å². The van der Waals surface area contributed by atoms with E-state index in [0.717, 1.165) is 0 Å². The van der Waals surface area contributed by atoms with Crippen molar-refractivity contribution in [2.45, 2.75) is 53.0 Å². The molecule has 0 spiro atoms. The van der Waals surface area contributed by atoms with Crippen LogP contribution in [-0.4, -0.2) is 23.9 Å². The summed E-state index contributed by atoms with van der Waals surface area (Å²) < 4.78 is 0. The Kier molecular flexibility index (Phi) is 8.44. The van der Waals surface area contributed by atoms with Gasteiger partial charge in [-0.05, 0) is 51.8 Å². The molecular weight excluding hydrogens is 326 g/mol. The highest BCUT2D eigenvalue weighted by atomic mass is 35.5. The van der Waals surface area contributed by atoms with Gasteiger partial charge in [0.25, 0.3) is 5.91 Å². The van der Waals surface area contributed by atoms with Crippen LogP contribution in [0.1, 0.15) is 57.8 Å². The van der Waals surface area contributed by atoms with Gasteiger partial charge in [-0.3, -0.25) is 9.59 Å². The van der Waals surface area contributed by atoms with E-state index in [2.05, 4.69) is 10.6 Å². The molecule has 0 aliphatic carbocycles. The molecule has 0 heterocycles. The molecule has 0 atom stereocenters. The number of carbonyl (C=O) groups excluding carboxylic acids is 2. The molecule has 0 radical (unpaired) electrons. The van der Waals surface area contributed by atoms with Crippen LogP contribution >= 0.6 is 12.4 Å². The van der Waals surface area contributed by atoms with Gasteiger partial charge in [0.15, 0.2) is 0 Å². The van der Waals surface area contributed by atoms with E-state index >= 15 is 0 Å². The number of nitrogens with one attached hydrogen (secondary N) is 2. The van der Waals surface area contributed by atoms with Gasteiger partial charge in [-0.25, -0.2) is 0 Å². The Hall–Kier alpha value is -1.59. The minimum Gasteiger partial charge on any atom is -0.347 e. The van der Waals surface area contributed by atoms with E-state index in [1.165, 1.54) is 0 Å². The van der Waals surface area contributed by atoms with Crippen molar-refractivity contribution in [3.8, 4) is 0 Å². The summed E-state index contributed by atoms with van der Waals surface area (Å²) in [4.78, 5) is 24.8. The van der Waals surface area contributed by atoms with Crippen molar-refractivity contribution in [3.63, 3.8) is 0 Å². The van der Waals surface area contributed by atoms with E-state index in [-0.39, 0.29) is 29.8 Å². The van der Waals surface area contributed by atoms with E-state index in [1.54, 1.807) is 24.3 Å². The highest BCUT2D eigenvalue weighted by Gasteiger charge is 2.33. The summed E-state index contributed by atoms with van der Waals surface area (Å²) in [7, 11) is 0. The van der Waals surface area contributed by atoms with Crippen LogP contribution in [0.4, 0.5) is 5.69 Å². The Balaban J connectivity index is 0.00000529. The van der Waals surface area contributed by atoms with Gasteiger partial charge in [0, 0.05) is 23.3 Å². The van der Waals surface area contributed by atoms with Crippen molar-refractivity contribution in [1.29, 1.82) is 0 Å². The van der Waals surface area contributed by atoms with Crippen molar-refractivity contribution < 1.29 is 9.59 Å². The molecule has 6 heteroatoms. The minimum atomic E-state index is -0.566. The summed E-state index contributed by atoms with van der Waals surface area (Å²) in [6.07, 6.45) is 1.35. The Bertz CT molecular complexity index is 555. The van der Waals surface area contributed by atoms with Gasteiger partial charge in [-0.1, -0.05) is 19.9 Å². The molecule has 2 amide bonds. The maximum atomic E-state index is 12.5. The van der Waals surface area contributed by atoms with Gasteiger partial charge < -0.3 is 16.4 Å². The van der Waals surface area contributed by atoms with Gasteiger partial charge in [0.2, 0.25) is 5.91 Å². The molecule has 0 aromatic heterocycles. The first-order valence-corrected chi connectivity index (χ1v) is 8.11. The largest absolute Gasteiger partial charge is 0.347 e. The van der Waals surface area contributed by atoms with Crippen molar-refractivity contribution in [1.82, 2.24) is 5.32 Å². The molecular formula is C18H30ClN3O2. The third-order valence-corrected chi connectivity index (χ3v) is 4.10. The maximum absolute atomic E-state index is 12.5. The number of benzene rings is 1. The van der Waals surface area contributed by atoms with Crippen LogP contribution in [-0.2, 0) is 4.79 Å². The predicted octanol–water partition coefficient (Wildman–Crippen LogP) is 3.34. The molecule has 0 unspecified atom stereocenters. The van der Waals surface area contributed by atoms with Crippen LogP contribution in [0.3, 0.4) is 0 Å². The van der Waals surface area contributed by atoms with Crippen molar-refractivity contribution in [2.75, 3.05) is 11.9 Å². The molecule has 136 valence electrons. The quantitative estimate of drug-likeness (QED) is 0.731. The third-order valence-electron chi connectivity index (χ3n) is 4.10. The highest BCUT2D eigenvalue weighted by molar-refractivity contribution is 5.99. The number of rotatable bonds is 6. The number of hydrogen-bond acceptors (Lipinski definition) is 3. The summed E-state index contributed by atoms with van der Waals surface area (Å²) in [5.74, 6) is -0.261. The summed E-state index contributed by atoms with van der Waals surface area (Å²) in [5, 5.41) is 5.80. The average molecular weight is 356 g/mol. The van der Waals surface area contributed by atoms with Gasteiger partial charge in [-0.15, -0.1) is 12.4 Å². The second-order valence-corrected chi connectivity index (χ2v) is 6.93.